The van der Waals surface area contributed by atoms with E-state index in [9.17, 15) is 9.59 Å². The van der Waals surface area contributed by atoms with Crippen LogP contribution in [0.25, 0.3) is 10.6 Å². The molecule has 5 nitrogen and oxygen atoms in total. The molecular formula is C16H17BrN2O3S. The first-order valence-electron chi connectivity index (χ1n) is 7.19. The summed E-state index contributed by atoms with van der Waals surface area (Å²) in [6.07, 6.45) is 0.844. The van der Waals surface area contributed by atoms with Gasteiger partial charge in [0, 0.05) is 22.0 Å². The molecule has 0 aliphatic heterocycles. The molecule has 122 valence electrons. The number of benzene rings is 1. The van der Waals surface area contributed by atoms with Crippen molar-refractivity contribution >= 4 is 39.1 Å². The van der Waals surface area contributed by atoms with Gasteiger partial charge >= 0.3 is 5.97 Å². The fourth-order valence-corrected chi connectivity index (χ4v) is 3.35. The normalized spacial score (nSPS) is 10.5. The first-order valence-corrected chi connectivity index (χ1v) is 8.86. The predicted molar refractivity (Wildman–Crippen MR) is 93.5 cm³/mol. The zero-order valence-corrected chi connectivity index (χ0v) is 15.1. The van der Waals surface area contributed by atoms with Gasteiger partial charge in [-0.1, -0.05) is 35.0 Å². The summed E-state index contributed by atoms with van der Waals surface area (Å²) < 4.78 is 0.971. The quantitative estimate of drug-likeness (QED) is 0.777. The van der Waals surface area contributed by atoms with E-state index >= 15 is 0 Å². The summed E-state index contributed by atoms with van der Waals surface area (Å²) in [5.74, 6) is -1.21. The Morgan fingerprint density at radius 2 is 2.17 bits per heavy atom. The van der Waals surface area contributed by atoms with E-state index in [4.69, 9.17) is 5.11 Å². The minimum atomic E-state index is -1.00. The van der Waals surface area contributed by atoms with Crippen LogP contribution in [0.15, 0.2) is 34.1 Å². The lowest BCUT2D eigenvalue weighted by atomic mass is 10.2. The Balaban J connectivity index is 2.08. The number of thiazole rings is 1. The lowest BCUT2D eigenvalue weighted by Gasteiger charge is -2.19. The van der Waals surface area contributed by atoms with E-state index in [2.05, 4.69) is 20.9 Å². The van der Waals surface area contributed by atoms with Crippen molar-refractivity contribution in [1.29, 1.82) is 0 Å². The van der Waals surface area contributed by atoms with Crippen molar-refractivity contribution in [3.63, 3.8) is 0 Å². The Morgan fingerprint density at radius 1 is 1.39 bits per heavy atom. The molecule has 0 atom stereocenters. The molecule has 0 saturated carbocycles. The number of amides is 1. The Labute approximate surface area is 147 Å². The highest BCUT2D eigenvalue weighted by Gasteiger charge is 2.17. The number of hydrogen-bond donors (Lipinski definition) is 1. The van der Waals surface area contributed by atoms with E-state index in [-0.39, 0.29) is 18.9 Å². The number of hydrogen-bond acceptors (Lipinski definition) is 4. The Kier molecular flexibility index (Phi) is 6.29. The fraction of sp³-hybridized carbons (Fsp3) is 0.312. The Hall–Kier alpha value is -1.73. The van der Waals surface area contributed by atoms with Gasteiger partial charge in [-0.3, -0.25) is 9.59 Å². The topological polar surface area (TPSA) is 70.5 Å². The minimum Gasteiger partial charge on any atom is -0.480 e. The Morgan fingerprint density at radius 3 is 2.83 bits per heavy atom. The minimum absolute atomic E-state index is 0.123. The Bertz CT molecular complexity index is 702. The molecule has 0 unspecified atom stereocenters. The smallest absolute Gasteiger partial charge is 0.323 e. The average Bonchev–Trinajstić information content (AvgIpc) is 2.95. The second-order valence-corrected chi connectivity index (χ2v) is 6.81. The fourth-order valence-electron chi connectivity index (χ4n) is 2.13. The van der Waals surface area contributed by atoms with Crippen LogP contribution >= 0.6 is 27.3 Å². The molecular weight excluding hydrogens is 380 g/mol. The third kappa shape index (κ3) is 5.14. The summed E-state index contributed by atoms with van der Waals surface area (Å²) in [6.45, 7) is 2.08. The van der Waals surface area contributed by atoms with E-state index in [1.807, 2.05) is 36.6 Å². The molecule has 0 bridgehead atoms. The van der Waals surface area contributed by atoms with Gasteiger partial charge in [0.1, 0.15) is 11.6 Å². The molecule has 1 heterocycles. The molecule has 0 saturated heterocycles. The van der Waals surface area contributed by atoms with Crippen LogP contribution in [0.2, 0.25) is 0 Å². The van der Waals surface area contributed by atoms with Gasteiger partial charge in [-0.05, 0) is 18.6 Å². The highest BCUT2D eigenvalue weighted by atomic mass is 79.9. The van der Waals surface area contributed by atoms with Crippen molar-refractivity contribution in [3.05, 3.63) is 39.8 Å². The molecule has 1 amide bonds. The number of aromatic nitrogens is 1. The third-order valence-corrected chi connectivity index (χ3v) is 4.56. The van der Waals surface area contributed by atoms with Crippen molar-refractivity contribution in [3.8, 4) is 10.6 Å². The first kappa shape index (κ1) is 17.6. The molecule has 2 aromatic rings. The maximum absolute atomic E-state index is 12.3. The zero-order valence-electron chi connectivity index (χ0n) is 12.7. The molecule has 1 aromatic heterocycles. The van der Waals surface area contributed by atoms with Crippen LogP contribution in [-0.4, -0.2) is 40.0 Å². The molecule has 0 aliphatic rings. The van der Waals surface area contributed by atoms with Gasteiger partial charge in [0.15, 0.2) is 0 Å². The van der Waals surface area contributed by atoms with Gasteiger partial charge in [-0.25, -0.2) is 4.98 Å². The second kappa shape index (κ2) is 8.21. The van der Waals surface area contributed by atoms with Gasteiger partial charge in [-0.15, -0.1) is 11.3 Å². The van der Waals surface area contributed by atoms with Crippen LogP contribution in [-0.2, 0) is 16.0 Å². The highest BCUT2D eigenvalue weighted by Crippen LogP contribution is 2.26. The summed E-state index contributed by atoms with van der Waals surface area (Å²) in [4.78, 5) is 29.0. The molecule has 1 N–H and O–H groups in total. The van der Waals surface area contributed by atoms with Crippen LogP contribution < -0.4 is 0 Å². The molecule has 0 aliphatic carbocycles. The van der Waals surface area contributed by atoms with Crippen LogP contribution in [0.4, 0.5) is 0 Å². The molecule has 0 radical (unpaired) electrons. The molecule has 1 aromatic carbocycles. The number of halogens is 1. The number of carboxylic acid groups (broad SMARTS) is 1. The number of carboxylic acids is 1. The van der Waals surface area contributed by atoms with Gasteiger partial charge in [0.05, 0.1) is 12.1 Å². The highest BCUT2D eigenvalue weighted by molar-refractivity contribution is 9.10. The van der Waals surface area contributed by atoms with Crippen LogP contribution in [0.5, 0.6) is 0 Å². The summed E-state index contributed by atoms with van der Waals surface area (Å²) in [5, 5.41) is 11.6. The maximum Gasteiger partial charge on any atom is 0.323 e. The van der Waals surface area contributed by atoms with Gasteiger partial charge in [0.2, 0.25) is 5.91 Å². The monoisotopic (exact) mass is 396 g/mol. The van der Waals surface area contributed by atoms with Gasteiger partial charge in [0.25, 0.3) is 0 Å². The molecule has 7 heteroatoms. The lowest BCUT2D eigenvalue weighted by molar-refractivity contribution is -0.144. The number of carbonyl (C=O) groups is 2. The summed E-state index contributed by atoms with van der Waals surface area (Å²) >= 11 is 4.90. The largest absolute Gasteiger partial charge is 0.480 e. The van der Waals surface area contributed by atoms with Crippen LogP contribution in [0, 0.1) is 0 Å². The van der Waals surface area contributed by atoms with Crippen molar-refractivity contribution in [2.24, 2.45) is 0 Å². The van der Waals surface area contributed by atoms with Gasteiger partial charge in [-0.2, -0.15) is 0 Å². The van der Waals surface area contributed by atoms with E-state index in [1.54, 1.807) is 0 Å². The number of aliphatic carboxylic acids is 1. The molecule has 0 fully saturated rings. The summed E-state index contributed by atoms with van der Waals surface area (Å²) in [6, 6.07) is 7.80. The van der Waals surface area contributed by atoms with Crippen molar-refractivity contribution in [2.75, 3.05) is 13.1 Å². The summed E-state index contributed by atoms with van der Waals surface area (Å²) in [7, 11) is 0. The number of rotatable bonds is 7. The molecule has 23 heavy (non-hydrogen) atoms. The maximum atomic E-state index is 12.3. The first-order chi connectivity index (χ1) is 11.0. The van der Waals surface area contributed by atoms with Gasteiger partial charge < -0.3 is 10.0 Å². The average molecular weight is 397 g/mol. The summed E-state index contributed by atoms with van der Waals surface area (Å²) in [5.41, 5.74) is 1.65. The molecule has 0 spiro atoms. The second-order valence-electron chi connectivity index (χ2n) is 5.04. The third-order valence-electron chi connectivity index (χ3n) is 3.13. The number of nitrogens with zero attached hydrogens (tertiary/aromatic N) is 2. The van der Waals surface area contributed by atoms with Crippen LogP contribution in [0.1, 0.15) is 19.0 Å². The number of carbonyl (C=O) groups excluding carboxylic acids is 1. The van der Waals surface area contributed by atoms with Crippen LogP contribution in [0.3, 0.4) is 0 Å². The van der Waals surface area contributed by atoms with Crippen molar-refractivity contribution in [2.45, 2.75) is 19.8 Å². The standard InChI is InChI=1S/C16H17BrN2O3S/c1-2-6-19(9-15(21)22)14(20)8-13-10-23-16(18-13)11-4-3-5-12(17)7-11/h3-5,7,10H,2,6,8-9H2,1H3,(H,21,22). The van der Waals surface area contributed by atoms with E-state index in [0.29, 0.717) is 12.2 Å². The zero-order chi connectivity index (χ0) is 16.8. The van der Waals surface area contributed by atoms with Crippen molar-refractivity contribution < 1.29 is 14.7 Å². The SMILES string of the molecule is CCCN(CC(=O)O)C(=O)Cc1csc(-c2cccc(Br)c2)n1. The van der Waals surface area contributed by atoms with E-state index < -0.39 is 5.97 Å². The van der Waals surface area contributed by atoms with Crippen molar-refractivity contribution in [1.82, 2.24) is 9.88 Å². The van der Waals surface area contributed by atoms with E-state index in [1.165, 1.54) is 16.2 Å². The predicted octanol–water partition coefficient (Wildman–Crippen LogP) is 3.44. The molecule has 2 rings (SSSR count). The van der Waals surface area contributed by atoms with E-state index in [0.717, 1.165) is 21.5 Å². The lowest BCUT2D eigenvalue weighted by Crippen LogP contribution is -2.37.